The van der Waals surface area contributed by atoms with Gasteiger partial charge in [-0.3, -0.25) is 0 Å². The lowest BCUT2D eigenvalue weighted by atomic mass is 9.82. The van der Waals surface area contributed by atoms with E-state index in [1.165, 1.54) is 32.1 Å². The van der Waals surface area contributed by atoms with E-state index < -0.39 is 0 Å². The van der Waals surface area contributed by atoms with Crippen molar-refractivity contribution in [3.05, 3.63) is 0 Å². The molecule has 1 aliphatic carbocycles. The summed E-state index contributed by atoms with van der Waals surface area (Å²) in [5.41, 5.74) is 0. The zero-order valence-electron chi connectivity index (χ0n) is 9.39. The molecule has 14 heavy (non-hydrogen) atoms. The molecule has 0 spiro atoms. The van der Waals surface area contributed by atoms with Gasteiger partial charge >= 0.3 is 0 Å². The Morgan fingerprint density at radius 2 is 2.07 bits per heavy atom. The van der Waals surface area contributed by atoms with Crippen LogP contribution in [0, 0.1) is 18.3 Å². The molecule has 1 aliphatic rings. The summed E-state index contributed by atoms with van der Waals surface area (Å²) in [5.74, 6) is 3.64. The summed E-state index contributed by atoms with van der Waals surface area (Å²) < 4.78 is 0. The smallest absolute Gasteiger partial charge is 0.0104 e. The lowest BCUT2D eigenvalue weighted by molar-refractivity contribution is 0.262. The van der Waals surface area contributed by atoms with Crippen molar-refractivity contribution in [2.45, 2.75) is 57.9 Å². The van der Waals surface area contributed by atoms with Crippen LogP contribution >= 0.6 is 0 Å². The highest BCUT2D eigenvalue weighted by Gasteiger charge is 2.21. The van der Waals surface area contributed by atoms with E-state index in [2.05, 4.69) is 18.2 Å². The van der Waals surface area contributed by atoms with Crippen LogP contribution in [-0.2, 0) is 0 Å². The first-order chi connectivity index (χ1) is 6.88. The molecule has 0 amide bonds. The molecule has 0 aromatic rings. The maximum absolute atomic E-state index is 5.32. The molecule has 1 N–H and O–H groups in total. The molecule has 1 unspecified atom stereocenters. The van der Waals surface area contributed by atoms with Crippen LogP contribution in [0.15, 0.2) is 0 Å². The van der Waals surface area contributed by atoms with Crippen molar-refractivity contribution in [2.24, 2.45) is 5.92 Å². The minimum absolute atomic E-state index is 0.677. The number of rotatable bonds is 5. The standard InChI is InChI=1S/C13H23N/c1-3-5-11-13(14-4-2)12-9-7-6-8-10-12/h1,12-14H,4-11H2,2H3. The second kappa shape index (κ2) is 6.90. The van der Waals surface area contributed by atoms with E-state index in [1.54, 1.807) is 0 Å². The summed E-state index contributed by atoms with van der Waals surface area (Å²) in [6, 6.07) is 0.677. The molecular formula is C13H23N. The van der Waals surface area contributed by atoms with Crippen LogP contribution in [-0.4, -0.2) is 12.6 Å². The van der Waals surface area contributed by atoms with Gasteiger partial charge in [-0.1, -0.05) is 26.2 Å². The van der Waals surface area contributed by atoms with Crippen LogP contribution in [0.3, 0.4) is 0 Å². The van der Waals surface area contributed by atoms with E-state index in [4.69, 9.17) is 6.42 Å². The average Bonchev–Trinajstić information content (AvgIpc) is 2.25. The van der Waals surface area contributed by atoms with Crippen molar-refractivity contribution < 1.29 is 0 Å². The van der Waals surface area contributed by atoms with Gasteiger partial charge in [-0.25, -0.2) is 0 Å². The molecule has 1 atom stereocenters. The van der Waals surface area contributed by atoms with Gasteiger partial charge in [-0.05, 0) is 31.7 Å². The van der Waals surface area contributed by atoms with Gasteiger partial charge in [0.15, 0.2) is 0 Å². The SMILES string of the molecule is C#CCCC(NCC)C1CCCCC1. The molecule has 1 rings (SSSR count). The molecular weight excluding hydrogens is 170 g/mol. The Morgan fingerprint density at radius 1 is 1.36 bits per heavy atom. The number of terminal acetylenes is 1. The Bertz CT molecular complexity index is 174. The topological polar surface area (TPSA) is 12.0 Å². The van der Waals surface area contributed by atoms with Gasteiger partial charge in [0.2, 0.25) is 0 Å². The molecule has 0 aromatic heterocycles. The van der Waals surface area contributed by atoms with Crippen LogP contribution in [0.25, 0.3) is 0 Å². The molecule has 1 saturated carbocycles. The van der Waals surface area contributed by atoms with E-state index in [9.17, 15) is 0 Å². The van der Waals surface area contributed by atoms with Crippen LogP contribution in [0.2, 0.25) is 0 Å². The third-order valence-corrected chi connectivity index (χ3v) is 3.28. The normalized spacial score (nSPS) is 20.3. The largest absolute Gasteiger partial charge is 0.314 e. The van der Waals surface area contributed by atoms with Gasteiger partial charge in [0, 0.05) is 12.5 Å². The fraction of sp³-hybridized carbons (Fsp3) is 0.846. The minimum atomic E-state index is 0.677. The summed E-state index contributed by atoms with van der Waals surface area (Å²) >= 11 is 0. The summed E-state index contributed by atoms with van der Waals surface area (Å²) in [4.78, 5) is 0. The molecule has 0 radical (unpaired) electrons. The predicted octanol–water partition coefficient (Wildman–Crippen LogP) is 2.96. The van der Waals surface area contributed by atoms with Crippen LogP contribution in [0.5, 0.6) is 0 Å². The lowest BCUT2D eigenvalue weighted by Crippen LogP contribution is -2.37. The number of nitrogens with one attached hydrogen (secondary N) is 1. The van der Waals surface area contributed by atoms with Gasteiger partial charge in [-0.15, -0.1) is 12.3 Å². The monoisotopic (exact) mass is 193 g/mol. The van der Waals surface area contributed by atoms with Crippen LogP contribution in [0.1, 0.15) is 51.9 Å². The molecule has 1 nitrogen and oxygen atoms in total. The Hall–Kier alpha value is -0.480. The summed E-state index contributed by atoms with van der Waals surface area (Å²) in [6.45, 7) is 3.26. The second-order valence-corrected chi connectivity index (χ2v) is 4.31. The fourth-order valence-corrected chi connectivity index (χ4v) is 2.54. The molecule has 0 bridgehead atoms. The highest BCUT2D eigenvalue weighted by molar-refractivity contribution is 4.88. The highest BCUT2D eigenvalue weighted by atomic mass is 14.9. The van der Waals surface area contributed by atoms with E-state index in [-0.39, 0.29) is 0 Å². The van der Waals surface area contributed by atoms with Gasteiger partial charge in [0.25, 0.3) is 0 Å². The Balaban J connectivity index is 2.35. The summed E-state index contributed by atoms with van der Waals surface area (Å²) in [7, 11) is 0. The lowest BCUT2D eigenvalue weighted by Gasteiger charge is -2.30. The van der Waals surface area contributed by atoms with Gasteiger partial charge in [0.05, 0.1) is 0 Å². The van der Waals surface area contributed by atoms with Crippen molar-refractivity contribution in [1.29, 1.82) is 0 Å². The molecule has 0 heterocycles. The Morgan fingerprint density at radius 3 is 2.64 bits per heavy atom. The Labute approximate surface area is 88.7 Å². The van der Waals surface area contributed by atoms with E-state index in [0.29, 0.717) is 6.04 Å². The van der Waals surface area contributed by atoms with Crippen molar-refractivity contribution >= 4 is 0 Å². The summed E-state index contributed by atoms with van der Waals surface area (Å²) in [5, 5.41) is 3.59. The zero-order chi connectivity index (χ0) is 10.2. The van der Waals surface area contributed by atoms with E-state index >= 15 is 0 Å². The molecule has 1 heteroatoms. The maximum Gasteiger partial charge on any atom is 0.0104 e. The minimum Gasteiger partial charge on any atom is -0.314 e. The van der Waals surface area contributed by atoms with Gasteiger partial charge in [0.1, 0.15) is 0 Å². The van der Waals surface area contributed by atoms with Gasteiger partial charge in [-0.2, -0.15) is 0 Å². The summed E-state index contributed by atoms with van der Waals surface area (Å²) in [6.07, 6.45) is 14.5. The van der Waals surface area contributed by atoms with E-state index in [1.807, 2.05) is 0 Å². The van der Waals surface area contributed by atoms with Crippen molar-refractivity contribution in [3.63, 3.8) is 0 Å². The van der Waals surface area contributed by atoms with Crippen LogP contribution < -0.4 is 5.32 Å². The second-order valence-electron chi connectivity index (χ2n) is 4.31. The van der Waals surface area contributed by atoms with Gasteiger partial charge < -0.3 is 5.32 Å². The first-order valence-electron chi connectivity index (χ1n) is 6.05. The zero-order valence-corrected chi connectivity index (χ0v) is 9.39. The number of hydrogen-bond acceptors (Lipinski definition) is 1. The third kappa shape index (κ3) is 3.72. The van der Waals surface area contributed by atoms with Crippen molar-refractivity contribution in [1.82, 2.24) is 5.32 Å². The quantitative estimate of drug-likeness (QED) is 0.662. The van der Waals surface area contributed by atoms with E-state index in [0.717, 1.165) is 25.3 Å². The third-order valence-electron chi connectivity index (χ3n) is 3.28. The maximum atomic E-state index is 5.32. The van der Waals surface area contributed by atoms with Crippen LogP contribution in [0.4, 0.5) is 0 Å². The Kier molecular flexibility index (Phi) is 5.71. The highest BCUT2D eigenvalue weighted by Crippen LogP contribution is 2.28. The molecule has 0 aromatic carbocycles. The molecule has 0 aliphatic heterocycles. The van der Waals surface area contributed by atoms with Crippen molar-refractivity contribution in [3.8, 4) is 12.3 Å². The molecule has 0 saturated heterocycles. The molecule has 1 fully saturated rings. The fourth-order valence-electron chi connectivity index (χ4n) is 2.54. The average molecular weight is 193 g/mol. The predicted molar refractivity (Wildman–Crippen MR) is 62.1 cm³/mol. The molecule has 80 valence electrons. The number of hydrogen-bond donors (Lipinski definition) is 1. The first kappa shape index (κ1) is 11.6. The first-order valence-corrected chi connectivity index (χ1v) is 6.05. The van der Waals surface area contributed by atoms with Crippen molar-refractivity contribution in [2.75, 3.05) is 6.54 Å².